The summed E-state index contributed by atoms with van der Waals surface area (Å²) in [4.78, 5) is 4.42. The fourth-order valence-corrected chi connectivity index (χ4v) is 1.73. The molecule has 0 aliphatic heterocycles. The van der Waals surface area contributed by atoms with Gasteiger partial charge < -0.3 is 14.8 Å². The Morgan fingerprint density at radius 2 is 2.16 bits per heavy atom. The van der Waals surface area contributed by atoms with Crippen LogP contribution in [-0.4, -0.2) is 30.8 Å². The van der Waals surface area contributed by atoms with Crippen LogP contribution in [0.15, 0.2) is 12.1 Å². The second-order valence-corrected chi connectivity index (χ2v) is 4.75. The predicted octanol–water partition coefficient (Wildman–Crippen LogP) is 3.04. The predicted molar refractivity (Wildman–Crippen MR) is 77.8 cm³/mol. The number of nitrogens with one attached hydrogen (secondary N) is 1. The highest BCUT2D eigenvalue weighted by atomic mass is 35.5. The van der Waals surface area contributed by atoms with Crippen LogP contribution in [0.5, 0.6) is 5.88 Å². The Morgan fingerprint density at radius 3 is 2.84 bits per heavy atom. The maximum Gasteiger partial charge on any atom is 0.213 e. The van der Waals surface area contributed by atoms with E-state index in [1.807, 2.05) is 19.9 Å². The number of ether oxygens (including phenoxy) is 2. The van der Waals surface area contributed by atoms with Gasteiger partial charge in [-0.15, -0.1) is 0 Å². The lowest BCUT2D eigenvalue weighted by Gasteiger charge is -2.15. The summed E-state index contributed by atoms with van der Waals surface area (Å²) in [5, 5.41) is 3.94. The van der Waals surface area contributed by atoms with Crippen molar-refractivity contribution in [3.8, 4) is 5.88 Å². The van der Waals surface area contributed by atoms with Gasteiger partial charge in [0.05, 0.1) is 17.3 Å². The summed E-state index contributed by atoms with van der Waals surface area (Å²) in [7, 11) is 0. The van der Waals surface area contributed by atoms with Crippen molar-refractivity contribution in [2.45, 2.75) is 39.8 Å². The van der Waals surface area contributed by atoms with Gasteiger partial charge in [0.1, 0.15) is 6.10 Å². The van der Waals surface area contributed by atoms with Crippen molar-refractivity contribution < 1.29 is 9.47 Å². The van der Waals surface area contributed by atoms with Crippen molar-refractivity contribution in [2.24, 2.45) is 0 Å². The van der Waals surface area contributed by atoms with E-state index < -0.39 is 0 Å². The van der Waals surface area contributed by atoms with Gasteiger partial charge in [0.25, 0.3) is 0 Å². The number of hydrogen-bond acceptors (Lipinski definition) is 4. The average Bonchev–Trinajstić information content (AvgIpc) is 2.40. The van der Waals surface area contributed by atoms with E-state index in [1.54, 1.807) is 6.07 Å². The quantitative estimate of drug-likeness (QED) is 0.709. The molecule has 0 aliphatic rings. The molecule has 5 heteroatoms. The molecule has 0 aliphatic carbocycles. The van der Waals surface area contributed by atoms with Gasteiger partial charge in [-0.2, -0.15) is 0 Å². The minimum absolute atomic E-state index is 0.0231. The lowest BCUT2D eigenvalue weighted by atomic mass is 10.3. The largest absolute Gasteiger partial charge is 0.472 e. The van der Waals surface area contributed by atoms with Gasteiger partial charge in [0, 0.05) is 19.2 Å². The minimum Gasteiger partial charge on any atom is -0.472 e. The maximum atomic E-state index is 6.11. The Hall–Kier alpha value is -0.840. The van der Waals surface area contributed by atoms with Crippen LogP contribution in [0, 0.1) is 0 Å². The number of rotatable bonds is 9. The van der Waals surface area contributed by atoms with E-state index in [0.717, 1.165) is 18.7 Å². The third kappa shape index (κ3) is 6.23. The fourth-order valence-electron chi connectivity index (χ4n) is 1.56. The molecule has 0 bridgehead atoms. The highest BCUT2D eigenvalue weighted by Gasteiger charge is 2.08. The molecule has 0 saturated carbocycles. The molecular formula is C14H23ClN2O2. The lowest BCUT2D eigenvalue weighted by Crippen LogP contribution is -2.20. The zero-order valence-corrected chi connectivity index (χ0v) is 12.7. The zero-order valence-electron chi connectivity index (χ0n) is 11.9. The first-order chi connectivity index (χ1) is 9.17. The van der Waals surface area contributed by atoms with Crippen molar-refractivity contribution in [3.63, 3.8) is 0 Å². The summed E-state index contributed by atoms with van der Waals surface area (Å²) in [6.45, 7) is 8.90. The molecule has 19 heavy (non-hydrogen) atoms. The molecule has 4 nitrogen and oxygen atoms in total. The number of aromatic nitrogens is 1. The van der Waals surface area contributed by atoms with Gasteiger partial charge >= 0.3 is 0 Å². The molecule has 1 unspecified atom stereocenters. The molecule has 1 aromatic rings. The molecule has 0 amide bonds. The SMILES string of the molecule is CCCNCc1nc(OC(C)COCC)ccc1Cl. The highest BCUT2D eigenvalue weighted by molar-refractivity contribution is 6.31. The molecule has 108 valence electrons. The molecule has 0 radical (unpaired) electrons. The molecule has 1 atom stereocenters. The first kappa shape index (κ1) is 16.2. The summed E-state index contributed by atoms with van der Waals surface area (Å²) in [6, 6.07) is 3.61. The topological polar surface area (TPSA) is 43.4 Å². The van der Waals surface area contributed by atoms with Crippen molar-refractivity contribution >= 4 is 11.6 Å². The van der Waals surface area contributed by atoms with Gasteiger partial charge in [0.2, 0.25) is 5.88 Å². The Kier molecular flexibility index (Phi) is 7.79. The standard InChI is InChI=1S/C14H23ClN2O2/c1-4-8-16-9-13-12(15)6-7-14(17-13)19-11(3)10-18-5-2/h6-7,11,16H,4-5,8-10H2,1-3H3. The van der Waals surface area contributed by atoms with Crippen LogP contribution >= 0.6 is 11.6 Å². The molecule has 1 N–H and O–H groups in total. The van der Waals surface area contributed by atoms with Gasteiger partial charge in [-0.25, -0.2) is 4.98 Å². The first-order valence-corrected chi connectivity index (χ1v) is 7.15. The van der Waals surface area contributed by atoms with Gasteiger partial charge in [-0.05, 0) is 32.9 Å². The monoisotopic (exact) mass is 286 g/mol. The first-order valence-electron chi connectivity index (χ1n) is 6.77. The Labute approximate surface area is 120 Å². The van der Waals surface area contributed by atoms with E-state index in [9.17, 15) is 0 Å². The van der Waals surface area contributed by atoms with E-state index in [1.165, 1.54) is 0 Å². The van der Waals surface area contributed by atoms with Gasteiger partial charge in [-0.1, -0.05) is 18.5 Å². The third-order valence-corrected chi connectivity index (χ3v) is 2.84. The van der Waals surface area contributed by atoms with Crippen LogP contribution in [0.4, 0.5) is 0 Å². The van der Waals surface area contributed by atoms with Crippen LogP contribution in [0.25, 0.3) is 0 Å². The fraction of sp³-hybridized carbons (Fsp3) is 0.643. The minimum atomic E-state index is -0.0231. The Bertz CT molecular complexity index is 374. The Morgan fingerprint density at radius 1 is 1.37 bits per heavy atom. The Balaban J connectivity index is 2.56. The van der Waals surface area contributed by atoms with E-state index in [2.05, 4.69) is 17.2 Å². The summed E-state index contributed by atoms with van der Waals surface area (Å²) in [6.07, 6.45) is 1.06. The number of nitrogens with zero attached hydrogens (tertiary/aromatic N) is 1. The normalized spacial score (nSPS) is 12.4. The zero-order chi connectivity index (χ0) is 14.1. The molecule has 0 spiro atoms. The van der Waals surface area contributed by atoms with Crippen LogP contribution in [0.2, 0.25) is 5.02 Å². The van der Waals surface area contributed by atoms with Crippen LogP contribution in [0.1, 0.15) is 32.9 Å². The smallest absolute Gasteiger partial charge is 0.213 e. The van der Waals surface area contributed by atoms with Gasteiger partial charge in [-0.3, -0.25) is 0 Å². The van der Waals surface area contributed by atoms with E-state index >= 15 is 0 Å². The second kappa shape index (κ2) is 9.13. The van der Waals surface area contributed by atoms with Crippen LogP contribution in [-0.2, 0) is 11.3 Å². The van der Waals surface area contributed by atoms with E-state index in [0.29, 0.717) is 30.7 Å². The van der Waals surface area contributed by atoms with Crippen molar-refractivity contribution in [1.29, 1.82) is 0 Å². The van der Waals surface area contributed by atoms with Crippen LogP contribution < -0.4 is 10.1 Å². The van der Waals surface area contributed by atoms with E-state index in [-0.39, 0.29) is 6.10 Å². The second-order valence-electron chi connectivity index (χ2n) is 4.34. The third-order valence-electron chi connectivity index (χ3n) is 2.49. The highest BCUT2D eigenvalue weighted by Crippen LogP contribution is 2.18. The molecule has 0 aromatic carbocycles. The summed E-state index contributed by atoms with van der Waals surface area (Å²) >= 11 is 6.11. The number of hydrogen-bond donors (Lipinski definition) is 1. The van der Waals surface area contributed by atoms with Crippen molar-refractivity contribution in [1.82, 2.24) is 10.3 Å². The molecule has 1 aromatic heterocycles. The van der Waals surface area contributed by atoms with Crippen LogP contribution in [0.3, 0.4) is 0 Å². The average molecular weight is 287 g/mol. The molecular weight excluding hydrogens is 264 g/mol. The maximum absolute atomic E-state index is 6.11. The van der Waals surface area contributed by atoms with E-state index in [4.69, 9.17) is 21.1 Å². The lowest BCUT2D eigenvalue weighted by molar-refractivity contribution is 0.0632. The molecule has 0 fully saturated rings. The summed E-state index contributed by atoms with van der Waals surface area (Å²) in [5.74, 6) is 0.588. The van der Waals surface area contributed by atoms with Gasteiger partial charge in [0.15, 0.2) is 0 Å². The summed E-state index contributed by atoms with van der Waals surface area (Å²) in [5.41, 5.74) is 0.816. The number of halogens is 1. The molecule has 0 saturated heterocycles. The van der Waals surface area contributed by atoms with Crippen molar-refractivity contribution in [3.05, 3.63) is 22.8 Å². The summed E-state index contributed by atoms with van der Waals surface area (Å²) < 4.78 is 11.0. The molecule has 1 rings (SSSR count). The van der Waals surface area contributed by atoms with Crippen molar-refractivity contribution in [2.75, 3.05) is 19.8 Å². The molecule has 1 heterocycles. The number of pyridine rings is 1.